The standard InChI is InChI=1S/C15H20N2O5S/c1-2-23(21,22)17-13-6-4-3-5-12(13)14(18)16-11-8-7-10(9-11)15(19)20/h3-6,10-11,17H,2,7-9H2,1H3,(H,16,18)(H,19,20)/t10-,11+/m0/s1. The van der Waals surface area contributed by atoms with Gasteiger partial charge in [0.25, 0.3) is 5.91 Å². The molecular formula is C15H20N2O5S. The molecule has 2 atom stereocenters. The van der Waals surface area contributed by atoms with Gasteiger partial charge in [-0.05, 0) is 38.3 Å². The summed E-state index contributed by atoms with van der Waals surface area (Å²) >= 11 is 0. The molecule has 1 aliphatic carbocycles. The Morgan fingerprint density at radius 3 is 2.57 bits per heavy atom. The molecule has 0 heterocycles. The first kappa shape index (κ1) is 17.3. The van der Waals surface area contributed by atoms with E-state index in [4.69, 9.17) is 5.11 Å². The molecule has 3 N–H and O–H groups in total. The number of carbonyl (C=O) groups excluding carboxylic acids is 1. The number of carboxylic acids is 1. The molecule has 0 unspecified atom stereocenters. The van der Waals surface area contributed by atoms with Crippen molar-refractivity contribution in [2.75, 3.05) is 10.5 Å². The molecule has 8 heteroatoms. The first-order chi connectivity index (χ1) is 10.8. The second kappa shape index (κ2) is 6.99. The molecule has 0 bridgehead atoms. The minimum absolute atomic E-state index is 0.0914. The molecule has 2 rings (SSSR count). The van der Waals surface area contributed by atoms with Gasteiger partial charge in [-0.15, -0.1) is 0 Å². The molecule has 1 fully saturated rings. The Hall–Kier alpha value is -2.09. The van der Waals surface area contributed by atoms with Crippen molar-refractivity contribution < 1.29 is 23.1 Å². The van der Waals surface area contributed by atoms with E-state index < -0.39 is 27.8 Å². The summed E-state index contributed by atoms with van der Waals surface area (Å²) in [5.74, 6) is -1.78. The van der Waals surface area contributed by atoms with Crippen LogP contribution in [0.15, 0.2) is 24.3 Å². The normalized spacial score (nSPS) is 20.9. The van der Waals surface area contributed by atoms with E-state index in [2.05, 4.69) is 10.0 Å². The Kier molecular flexibility index (Phi) is 5.25. The number of amides is 1. The van der Waals surface area contributed by atoms with Crippen molar-refractivity contribution in [2.24, 2.45) is 5.92 Å². The van der Waals surface area contributed by atoms with Gasteiger partial charge < -0.3 is 10.4 Å². The van der Waals surface area contributed by atoms with Gasteiger partial charge in [-0.25, -0.2) is 8.42 Å². The Morgan fingerprint density at radius 1 is 1.26 bits per heavy atom. The Bertz CT molecular complexity index is 702. The molecule has 0 aromatic heterocycles. The third-order valence-electron chi connectivity index (χ3n) is 3.93. The molecule has 1 aromatic carbocycles. The number of carbonyl (C=O) groups is 2. The zero-order valence-electron chi connectivity index (χ0n) is 12.8. The van der Waals surface area contributed by atoms with Crippen LogP contribution in [0.25, 0.3) is 0 Å². The molecule has 1 aliphatic rings. The van der Waals surface area contributed by atoms with Crippen LogP contribution in [0.3, 0.4) is 0 Å². The molecule has 0 radical (unpaired) electrons. The maximum atomic E-state index is 12.4. The number of hydrogen-bond acceptors (Lipinski definition) is 4. The van der Waals surface area contributed by atoms with Gasteiger partial charge in [0.1, 0.15) is 0 Å². The van der Waals surface area contributed by atoms with E-state index in [-0.39, 0.29) is 23.0 Å². The van der Waals surface area contributed by atoms with Crippen LogP contribution in [-0.2, 0) is 14.8 Å². The maximum Gasteiger partial charge on any atom is 0.306 e. The molecule has 1 amide bonds. The SMILES string of the molecule is CCS(=O)(=O)Nc1ccccc1C(=O)N[C@@H]1CC[C@H](C(=O)O)C1. The van der Waals surface area contributed by atoms with E-state index in [1.807, 2.05) is 0 Å². The van der Waals surface area contributed by atoms with Gasteiger partial charge in [0.2, 0.25) is 10.0 Å². The summed E-state index contributed by atoms with van der Waals surface area (Å²) < 4.78 is 25.8. The number of rotatable bonds is 6. The quantitative estimate of drug-likeness (QED) is 0.725. The highest BCUT2D eigenvalue weighted by Crippen LogP contribution is 2.26. The van der Waals surface area contributed by atoms with Crippen molar-refractivity contribution in [1.82, 2.24) is 5.32 Å². The smallest absolute Gasteiger partial charge is 0.306 e. The summed E-state index contributed by atoms with van der Waals surface area (Å²) in [6, 6.07) is 6.14. The van der Waals surface area contributed by atoms with Crippen LogP contribution >= 0.6 is 0 Å². The molecule has 1 aromatic rings. The monoisotopic (exact) mass is 340 g/mol. The average molecular weight is 340 g/mol. The summed E-state index contributed by atoms with van der Waals surface area (Å²) in [6.07, 6.45) is 1.53. The first-order valence-corrected chi connectivity index (χ1v) is 9.11. The molecule has 23 heavy (non-hydrogen) atoms. The fourth-order valence-electron chi connectivity index (χ4n) is 2.61. The molecular weight excluding hydrogens is 320 g/mol. The second-order valence-electron chi connectivity index (χ2n) is 5.57. The van der Waals surface area contributed by atoms with Crippen molar-refractivity contribution in [3.63, 3.8) is 0 Å². The minimum Gasteiger partial charge on any atom is -0.481 e. The topological polar surface area (TPSA) is 113 Å². The van der Waals surface area contributed by atoms with Gasteiger partial charge in [-0.1, -0.05) is 12.1 Å². The summed E-state index contributed by atoms with van der Waals surface area (Å²) in [4.78, 5) is 23.3. The lowest BCUT2D eigenvalue weighted by Crippen LogP contribution is -2.34. The van der Waals surface area contributed by atoms with Gasteiger partial charge >= 0.3 is 5.97 Å². The second-order valence-corrected chi connectivity index (χ2v) is 7.58. The highest BCUT2D eigenvalue weighted by Gasteiger charge is 2.31. The van der Waals surface area contributed by atoms with Crippen LogP contribution in [0, 0.1) is 5.92 Å². The number of para-hydroxylation sites is 1. The van der Waals surface area contributed by atoms with Crippen molar-refractivity contribution in [2.45, 2.75) is 32.2 Å². The van der Waals surface area contributed by atoms with Crippen molar-refractivity contribution in [3.8, 4) is 0 Å². The van der Waals surface area contributed by atoms with Gasteiger partial charge in [-0.2, -0.15) is 0 Å². The highest BCUT2D eigenvalue weighted by atomic mass is 32.2. The van der Waals surface area contributed by atoms with E-state index in [1.54, 1.807) is 12.1 Å². The largest absolute Gasteiger partial charge is 0.481 e. The summed E-state index contributed by atoms with van der Waals surface area (Å²) in [7, 11) is -3.48. The summed E-state index contributed by atoms with van der Waals surface area (Å²) in [5, 5.41) is 11.8. The van der Waals surface area contributed by atoms with Crippen molar-refractivity contribution in [1.29, 1.82) is 0 Å². The fourth-order valence-corrected chi connectivity index (χ4v) is 3.27. The number of aliphatic carboxylic acids is 1. The predicted octanol–water partition coefficient (Wildman–Crippen LogP) is 1.43. The number of sulfonamides is 1. The maximum absolute atomic E-state index is 12.4. The van der Waals surface area contributed by atoms with Crippen LogP contribution in [0.4, 0.5) is 5.69 Å². The van der Waals surface area contributed by atoms with Gasteiger partial charge in [0.15, 0.2) is 0 Å². The first-order valence-electron chi connectivity index (χ1n) is 7.45. The van der Waals surface area contributed by atoms with Gasteiger partial charge in [0.05, 0.1) is 22.9 Å². The van der Waals surface area contributed by atoms with Gasteiger partial charge in [0, 0.05) is 6.04 Å². The summed E-state index contributed by atoms with van der Waals surface area (Å²) in [5.41, 5.74) is 0.447. The molecule has 0 saturated heterocycles. The zero-order valence-corrected chi connectivity index (χ0v) is 13.6. The van der Waals surface area contributed by atoms with E-state index in [0.29, 0.717) is 19.3 Å². The van der Waals surface area contributed by atoms with Crippen LogP contribution in [-0.4, -0.2) is 37.2 Å². The molecule has 0 aliphatic heterocycles. The lowest BCUT2D eigenvalue weighted by atomic mass is 10.1. The van der Waals surface area contributed by atoms with Crippen LogP contribution in [0.5, 0.6) is 0 Å². The fraction of sp³-hybridized carbons (Fsp3) is 0.467. The van der Waals surface area contributed by atoms with Crippen LogP contribution in [0.2, 0.25) is 0 Å². The van der Waals surface area contributed by atoms with E-state index in [1.165, 1.54) is 19.1 Å². The number of anilines is 1. The Labute approximate surface area is 135 Å². The molecule has 126 valence electrons. The predicted molar refractivity (Wildman–Crippen MR) is 85.8 cm³/mol. The third-order valence-corrected chi connectivity index (χ3v) is 5.23. The number of nitrogens with one attached hydrogen (secondary N) is 2. The minimum atomic E-state index is -3.48. The molecule has 0 spiro atoms. The average Bonchev–Trinajstić information content (AvgIpc) is 2.96. The lowest BCUT2D eigenvalue weighted by molar-refractivity contribution is -0.141. The van der Waals surface area contributed by atoms with E-state index >= 15 is 0 Å². The Balaban J connectivity index is 2.10. The van der Waals surface area contributed by atoms with E-state index in [0.717, 1.165) is 0 Å². The highest BCUT2D eigenvalue weighted by molar-refractivity contribution is 7.92. The molecule has 7 nitrogen and oxygen atoms in total. The van der Waals surface area contributed by atoms with Crippen LogP contribution < -0.4 is 10.0 Å². The zero-order chi connectivity index (χ0) is 17.0. The van der Waals surface area contributed by atoms with E-state index in [9.17, 15) is 18.0 Å². The van der Waals surface area contributed by atoms with Gasteiger partial charge in [-0.3, -0.25) is 14.3 Å². The summed E-state index contributed by atoms with van der Waals surface area (Å²) in [6.45, 7) is 1.51. The van der Waals surface area contributed by atoms with Crippen molar-refractivity contribution in [3.05, 3.63) is 29.8 Å². The number of carboxylic acid groups (broad SMARTS) is 1. The number of benzene rings is 1. The number of hydrogen-bond donors (Lipinski definition) is 3. The van der Waals surface area contributed by atoms with Crippen molar-refractivity contribution >= 4 is 27.6 Å². The lowest BCUT2D eigenvalue weighted by Gasteiger charge is -2.15. The third kappa shape index (κ3) is 4.44. The van der Waals surface area contributed by atoms with Crippen LogP contribution in [0.1, 0.15) is 36.5 Å². The Morgan fingerprint density at radius 2 is 1.96 bits per heavy atom. The molecule has 1 saturated carbocycles.